The maximum Gasteiger partial charge on any atom is 0.167 e. The molecule has 0 fully saturated rings. The van der Waals surface area contributed by atoms with E-state index in [1.54, 1.807) is 16.9 Å². The molecule has 18 heavy (non-hydrogen) atoms. The van der Waals surface area contributed by atoms with Gasteiger partial charge in [-0.1, -0.05) is 11.6 Å². The van der Waals surface area contributed by atoms with E-state index >= 15 is 0 Å². The topological polar surface area (TPSA) is 47.3 Å². The Morgan fingerprint density at radius 2 is 2.33 bits per heavy atom. The van der Waals surface area contributed by atoms with Gasteiger partial charge in [-0.05, 0) is 25.0 Å². The molecule has 0 radical (unpaired) electrons. The van der Waals surface area contributed by atoms with Crippen LogP contribution in [0, 0.1) is 0 Å². The van der Waals surface area contributed by atoms with Crippen LogP contribution in [-0.4, -0.2) is 21.5 Å². The Bertz CT molecular complexity index is 607. The van der Waals surface area contributed by atoms with E-state index < -0.39 is 0 Å². The number of ether oxygens (including phenoxy) is 1. The average molecular weight is 265 g/mol. The Hall–Kier alpha value is -1.68. The van der Waals surface area contributed by atoms with Crippen molar-refractivity contribution in [2.24, 2.45) is 7.05 Å². The first-order valence-corrected chi connectivity index (χ1v) is 6.22. The van der Waals surface area contributed by atoms with Gasteiger partial charge in [-0.25, -0.2) is 0 Å². The van der Waals surface area contributed by atoms with E-state index in [1.165, 1.54) is 0 Å². The third-order valence-corrected chi connectivity index (χ3v) is 3.56. The van der Waals surface area contributed by atoms with Crippen LogP contribution in [0.25, 0.3) is 11.3 Å². The van der Waals surface area contributed by atoms with Gasteiger partial charge in [0.25, 0.3) is 0 Å². The lowest BCUT2D eigenvalue weighted by molar-refractivity contribution is 0.273. The highest BCUT2D eigenvalue weighted by Crippen LogP contribution is 2.45. The van der Waals surface area contributed by atoms with E-state index in [1.807, 2.05) is 13.1 Å². The molecule has 0 saturated heterocycles. The number of fused-ring (bicyclic) bond motifs is 1. The molecule has 5 heteroatoms. The Morgan fingerprint density at radius 1 is 1.50 bits per heavy atom. The monoisotopic (exact) mass is 264 g/mol. The van der Waals surface area contributed by atoms with E-state index in [4.69, 9.17) is 16.3 Å². The van der Waals surface area contributed by atoms with Crippen molar-refractivity contribution < 1.29 is 9.84 Å². The summed E-state index contributed by atoms with van der Waals surface area (Å²) in [6, 6.07) is 3.61. The highest BCUT2D eigenvalue weighted by Gasteiger charge is 2.22. The number of aromatic nitrogens is 2. The number of aromatic hydroxyl groups is 1. The van der Waals surface area contributed by atoms with Crippen molar-refractivity contribution in [2.45, 2.75) is 12.8 Å². The minimum Gasteiger partial charge on any atom is -0.504 e. The highest BCUT2D eigenvalue weighted by molar-refractivity contribution is 6.32. The lowest BCUT2D eigenvalue weighted by atomic mass is 10.0. The Labute approximate surface area is 110 Å². The molecule has 1 aliphatic heterocycles. The summed E-state index contributed by atoms with van der Waals surface area (Å²) in [6.45, 7) is 0.617. The number of phenolic OH excluding ortho intramolecular Hbond substituents is 1. The molecule has 3 rings (SSSR count). The fourth-order valence-electron chi connectivity index (χ4n) is 2.30. The molecular weight excluding hydrogens is 252 g/mol. The van der Waals surface area contributed by atoms with Crippen molar-refractivity contribution in [3.8, 4) is 22.8 Å². The molecule has 94 valence electrons. The fourth-order valence-corrected chi connectivity index (χ4v) is 2.59. The van der Waals surface area contributed by atoms with Gasteiger partial charge in [0.15, 0.2) is 11.5 Å². The maximum atomic E-state index is 10.3. The van der Waals surface area contributed by atoms with E-state index in [0.717, 1.165) is 24.1 Å². The normalized spacial score (nSPS) is 14.1. The minimum atomic E-state index is 0.151. The zero-order chi connectivity index (χ0) is 12.7. The van der Waals surface area contributed by atoms with Crippen LogP contribution >= 0.6 is 11.6 Å². The molecule has 4 nitrogen and oxygen atoms in total. The van der Waals surface area contributed by atoms with Crippen LogP contribution in [0.4, 0.5) is 0 Å². The molecule has 0 unspecified atom stereocenters. The summed E-state index contributed by atoms with van der Waals surface area (Å²) in [5.74, 6) is 0.669. The second kappa shape index (κ2) is 4.21. The summed E-state index contributed by atoms with van der Waals surface area (Å²) in [4.78, 5) is 0. The second-order valence-corrected chi connectivity index (χ2v) is 4.76. The quantitative estimate of drug-likeness (QED) is 0.862. The number of aryl methyl sites for hydroxylation is 1. The summed E-state index contributed by atoms with van der Waals surface area (Å²) in [5.41, 5.74) is 2.36. The molecule has 0 amide bonds. The van der Waals surface area contributed by atoms with Crippen molar-refractivity contribution in [1.29, 1.82) is 0 Å². The van der Waals surface area contributed by atoms with Gasteiger partial charge in [-0.2, -0.15) is 5.10 Å². The maximum absolute atomic E-state index is 10.3. The van der Waals surface area contributed by atoms with Gasteiger partial charge in [0, 0.05) is 29.4 Å². The van der Waals surface area contributed by atoms with Crippen molar-refractivity contribution in [3.63, 3.8) is 0 Å². The van der Waals surface area contributed by atoms with E-state index in [2.05, 4.69) is 5.10 Å². The molecular formula is C13H13ClN2O2. The van der Waals surface area contributed by atoms with E-state index in [0.29, 0.717) is 22.9 Å². The van der Waals surface area contributed by atoms with Gasteiger partial charge in [0.1, 0.15) is 0 Å². The van der Waals surface area contributed by atoms with Crippen LogP contribution in [0.5, 0.6) is 11.5 Å². The van der Waals surface area contributed by atoms with Gasteiger partial charge in [-0.3, -0.25) is 4.68 Å². The Balaban J connectivity index is 2.23. The van der Waals surface area contributed by atoms with Crippen LogP contribution < -0.4 is 4.74 Å². The van der Waals surface area contributed by atoms with Crippen molar-refractivity contribution >= 4 is 11.6 Å². The van der Waals surface area contributed by atoms with Crippen LogP contribution in [0.15, 0.2) is 18.3 Å². The van der Waals surface area contributed by atoms with Gasteiger partial charge >= 0.3 is 0 Å². The third-order valence-electron chi connectivity index (χ3n) is 3.22. The van der Waals surface area contributed by atoms with Gasteiger partial charge in [0.05, 0.1) is 12.3 Å². The average Bonchev–Trinajstić information content (AvgIpc) is 2.80. The SMILES string of the molecule is Cn1nccc1-c1cc(Cl)c2c(c1O)OCCC2. The van der Waals surface area contributed by atoms with Crippen LogP contribution in [0.2, 0.25) is 5.02 Å². The summed E-state index contributed by atoms with van der Waals surface area (Å²) in [7, 11) is 1.82. The lowest BCUT2D eigenvalue weighted by Crippen LogP contribution is -2.09. The third kappa shape index (κ3) is 1.64. The molecule has 0 bridgehead atoms. The number of benzene rings is 1. The summed E-state index contributed by atoms with van der Waals surface area (Å²) >= 11 is 6.27. The molecule has 0 spiro atoms. The Kier molecular flexibility index (Phi) is 2.67. The predicted octanol–water partition coefficient (Wildman–Crippen LogP) is 2.77. The van der Waals surface area contributed by atoms with Crippen LogP contribution in [0.1, 0.15) is 12.0 Å². The molecule has 1 aromatic carbocycles. The van der Waals surface area contributed by atoms with Gasteiger partial charge in [-0.15, -0.1) is 0 Å². The number of hydrogen-bond donors (Lipinski definition) is 1. The van der Waals surface area contributed by atoms with Crippen LogP contribution in [-0.2, 0) is 13.5 Å². The summed E-state index contributed by atoms with van der Waals surface area (Å²) < 4.78 is 7.24. The zero-order valence-electron chi connectivity index (χ0n) is 9.98. The van der Waals surface area contributed by atoms with Crippen molar-refractivity contribution in [1.82, 2.24) is 9.78 Å². The molecule has 2 aromatic rings. The second-order valence-electron chi connectivity index (χ2n) is 4.35. The molecule has 1 aliphatic rings. The number of phenols is 1. The summed E-state index contributed by atoms with van der Waals surface area (Å²) in [5, 5.41) is 15.1. The predicted molar refractivity (Wildman–Crippen MR) is 69.1 cm³/mol. The lowest BCUT2D eigenvalue weighted by Gasteiger charge is -2.21. The standard InChI is InChI=1S/C13H13ClN2O2/c1-16-11(4-5-15-16)9-7-10(14)8-3-2-6-18-13(8)12(9)17/h4-5,7,17H,2-3,6H2,1H3. The smallest absolute Gasteiger partial charge is 0.167 e. The molecule has 1 aromatic heterocycles. The van der Waals surface area contributed by atoms with Crippen molar-refractivity contribution in [2.75, 3.05) is 6.61 Å². The molecule has 1 N–H and O–H groups in total. The number of nitrogens with zero attached hydrogens (tertiary/aromatic N) is 2. The summed E-state index contributed by atoms with van der Waals surface area (Å²) in [6.07, 6.45) is 3.45. The highest BCUT2D eigenvalue weighted by atomic mass is 35.5. The first kappa shape index (κ1) is 11.4. The number of halogens is 1. The molecule has 2 heterocycles. The van der Waals surface area contributed by atoms with E-state index in [-0.39, 0.29) is 5.75 Å². The Morgan fingerprint density at radius 3 is 3.06 bits per heavy atom. The van der Waals surface area contributed by atoms with Gasteiger partial charge in [0.2, 0.25) is 0 Å². The first-order chi connectivity index (χ1) is 8.68. The molecule has 0 atom stereocenters. The first-order valence-electron chi connectivity index (χ1n) is 5.84. The zero-order valence-corrected chi connectivity index (χ0v) is 10.7. The molecule has 0 saturated carbocycles. The largest absolute Gasteiger partial charge is 0.504 e. The molecule has 0 aliphatic carbocycles. The van der Waals surface area contributed by atoms with Crippen molar-refractivity contribution in [3.05, 3.63) is 28.9 Å². The van der Waals surface area contributed by atoms with Crippen LogP contribution in [0.3, 0.4) is 0 Å². The number of hydrogen-bond acceptors (Lipinski definition) is 3. The van der Waals surface area contributed by atoms with E-state index in [9.17, 15) is 5.11 Å². The van der Waals surface area contributed by atoms with Gasteiger partial charge < -0.3 is 9.84 Å². The fraction of sp³-hybridized carbons (Fsp3) is 0.308. The number of rotatable bonds is 1. The minimum absolute atomic E-state index is 0.151.